The number of halogens is 1. The lowest BCUT2D eigenvalue weighted by Gasteiger charge is -2.14. The van der Waals surface area contributed by atoms with E-state index in [-0.39, 0.29) is 5.75 Å². The van der Waals surface area contributed by atoms with E-state index in [0.29, 0.717) is 17.1 Å². The maximum Gasteiger partial charge on any atom is 0.236 e. The predicted molar refractivity (Wildman–Crippen MR) is 75.5 cm³/mol. The Bertz CT molecular complexity index is 710. The van der Waals surface area contributed by atoms with Gasteiger partial charge in [0.1, 0.15) is 11.5 Å². The van der Waals surface area contributed by atoms with Gasteiger partial charge < -0.3 is 9.47 Å². The Balaban J connectivity index is 2.77. The molecule has 0 spiro atoms. The van der Waals surface area contributed by atoms with Crippen molar-refractivity contribution < 1.29 is 17.9 Å². The smallest absolute Gasteiger partial charge is 0.236 e. The normalized spacial score (nSPS) is 11.5. The molecular weight excluding hydrogens is 288 g/mol. The van der Waals surface area contributed by atoms with Crippen LogP contribution in [-0.4, -0.2) is 22.6 Å². The summed E-state index contributed by atoms with van der Waals surface area (Å²) < 4.78 is 33.2. The molecule has 0 aliphatic carbocycles. The second-order valence-corrected chi connectivity index (χ2v) is 6.78. The van der Waals surface area contributed by atoms with Crippen molar-refractivity contribution in [3.63, 3.8) is 0 Å². The molecule has 0 saturated heterocycles. The van der Waals surface area contributed by atoms with Crippen LogP contribution >= 0.6 is 10.7 Å². The highest BCUT2D eigenvalue weighted by Gasteiger charge is 2.17. The molecule has 0 unspecified atom stereocenters. The lowest BCUT2D eigenvalue weighted by Crippen LogP contribution is -2.00. The van der Waals surface area contributed by atoms with Gasteiger partial charge in [-0.25, -0.2) is 8.42 Å². The lowest BCUT2D eigenvalue weighted by molar-refractivity contribution is 0.407. The summed E-state index contributed by atoms with van der Waals surface area (Å²) in [5.74, 6) is 0.784. The summed E-state index contributed by atoms with van der Waals surface area (Å²) in [5.41, 5.74) is 0.480. The SMILES string of the molecule is COc1cc(CS(=O)(=O)Cl)c(OC)c2ccccc12. The van der Waals surface area contributed by atoms with Crippen molar-refractivity contribution in [1.82, 2.24) is 0 Å². The Hall–Kier alpha value is -1.46. The highest BCUT2D eigenvalue weighted by molar-refractivity contribution is 8.13. The first-order chi connectivity index (χ1) is 8.96. The highest BCUT2D eigenvalue weighted by Crippen LogP contribution is 2.37. The van der Waals surface area contributed by atoms with Gasteiger partial charge in [-0.15, -0.1) is 0 Å². The molecule has 2 aromatic rings. The maximum atomic E-state index is 11.3. The molecule has 0 bridgehead atoms. The number of hydrogen-bond donors (Lipinski definition) is 0. The standard InChI is InChI=1S/C13H13ClO4S/c1-17-12-7-9(8-19(14,15)16)13(18-2)11-6-4-3-5-10(11)12/h3-7H,8H2,1-2H3. The average molecular weight is 301 g/mol. The zero-order valence-corrected chi connectivity index (χ0v) is 12.1. The van der Waals surface area contributed by atoms with Crippen molar-refractivity contribution in [1.29, 1.82) is 0 Å². The third-order valence-electron chi connectivity index (χ3n) is 2.79. The molecule has 2 aromatic carbocycles. The first kappa shape index (κ1) is 14.0. The third-order valence-corrected chi connectivity index (χ3v) is 3.77. The monoisotopic (exact) mass is 300 g/mol. The number of hydrogen-bond acceptors (Lipinski definition) is 4. The van der Waals surface area contributed by atoms with Gasteiger partial charge in [0.25, 0.3) is 0 Å². The Morgan fingerprint density at radius 3 is 2.26 bits per heavy atom. The van der Waals surface area contributed by atoms with Crippen LogP contribution in [-0.2, 0) is 14.8 Å². The van der Waals surface area contributed by atoms with E-state index < -0.39 is 9.05 Å². The van der Waals surface area contributed by atoms with E-state index in [0.717, 1.165) is 10.8 Å². The van der Waals surface area contributed by atoms with Gasteiger partial charge in [0.15, 0.2) is 0 Å². The minimum Gasteiger partial charge on any atom is -0.496 e. The highest BCUT2D eigenvalue weighted by atomic mass is 35.7. The van der Waals surface area contributed by atoms with Crippen molar-refractivity contribution in [2.75, 3.05) is 14.2 Å². The fourth-order valence-electron chi connectivity index (χ4n) is 2.07. The zero-order valence-electron chi connectivity index (χ0n) is 10.5. The van der Waals surface area contributed by atoms with Crippen molar-refractivity contribution in [2.45, 2.75) is 5.75 Å². The van der Waals surface area contributed by atoms with E-state index in [1.165, 1.54) is 14.2 Å². The van der Waals surface area contributed by atoms with Crippen LogP contribution < -0.4 is 9.47 Å². The summed E-state index contributed by atoms with van der Waals surface area (Å²) in [7, 11) is 4.69. The van der Waals surface area contributed by atoms with Crippen LogP contribution in [0.3, 0.4) is 0 Å². The summed E-state index contributed by atoms with van der Waals surface area (Å²) in [4.78, 5) is 0. The fourth-order valence-corrected chi connectivity index (χ4v) is 3.01. The summed E-state index contributed by atoms with van der Waals surface area (Å²) in [6.07, 6.45) is 0. The van der Waals surface area contributed by atoms with Gasteiger partial charge in [0.2, 0.25) is 9.05 Å². The molecule has 6 heteroatoms. The fraction of sp³-hybridized carbons (Fsp3) is 0.231. The number of fused-ring (bicyclic) bond motifs is 1. The lowest BCUT2D eigenvalue weighted by atomic mass is 10.0. The molecule has 0 aliphatic heterocycles. The Morgan fingerprint density at radius 2 is 1.74 bits per heavy atom. The van der Waals surface area contributed by atoms with Crippen LogP contribution in [0.15, 0.2) is 30.3 Å². The Kier molecular flexibility index (Phi) is 3.87. The molecule has 0 heterocycles. The van der Waals surface area contributed by atoms with E-state index in [2.05, 4.69) is 0 Å². The second kappa shape index (κ2) is 5.27. The minimum atomic E-state index is -3.67. The molecule has 0 amide bonds. The Labute approximate surface area is 116 Å². The molecule has 0 N–H and O–H groups in total. The summed E-state index contributed by atoms with van der Waals surface area (Å²) in [6.45, 7) is 0. The van der Waals surface area contributed by atoms with Gasteiger partial charge in [-0.05, 0) is 6.07 Å². The summed E-state index contributed by atoms with van der Waals surface area (Å²) in [6, 6.07) is 9.10. The molecule has 102 valence electrons. The topological polar surface area (TPSA) is 52.6 Å². The van der Waals surface area contributed by atoms with Crippen LogP contribution in [0, 0.1) is 0 Å². The van der Waals surface area contributed by atoms with Gasteiger partial charge >= 0.3 is 0 Å². The van der Waals surface area contributed by atoms with E-state index in [9.17, 15) is 8.42 Å². The van der Waals surface area contributed by atoms with Crippen LogP contribution in [0.2, 0.25) is 0 Å². The van der Waals surface area contributed by atoms with Gasteiger partial charge in [-0.3, -0.25) is 0 Å². The maximum absolute atomic E-state index is 11.3. The number of ether oxygens (including phenoxy) is 2. The molecule has 0 atom stereocenters. The van der Waals surface area contributed by atoms with E-state index >= 15 is 0 Å². The summed E-state index contributed by atoms with van der Waals surface area (Å²) >= 11 is 0. The van der Waals surface area contributed by atoms with Crippen molar-refractivity contribution in [2.24, 2.45) is 0 Å². The zero-order chi connectivity index (χ0) is 14.0. The van der Waals surface area contributed by atoms with E-state index in [1.54, 1.807) is 6.07 Å². The average Bonchev–Trinajstić information content (AvgIpc) is 2.36. The molecule has 0 saturated carbocycles. The van der Waals surface area contributed by atoms with Crippen molar-refractivity contribution in [3.05, 3.63) is 35.9 Å². The first-order valence-electron chi connectivity index (χ1n) is 5.51. The van der Waals surface area contributed by atoms with Crippen LogP contribution in [0.5, 0.6) is 11.5 Å². The molecule has 2 rings (SSSR count). The van der Waals surface area contributed by atoms with Gasteiger partial charge in [-0.1, -0.05) is 24.3 Å². The molecule has 0 aromatic heterocycles. The number of rotatable bonds is 4. The van der Waals surface area contributed by atoms with Gasteiger partial charge in [0, 0.05) is 27.0 Å². The molecule has 0 fully saturated rings. The second-order valence-electron chi connectivity index (χ2n) is 4.00. The van der Waals surface area contributed by atoms with Crippen LogP contribution in [0.4, 0.5) is 0 Å². The van der Waals surface area contributed by atoms with Gasteiger partial charge in [0.05, 0.1) is 20.0 Å². The summed E-state index contributed by atoms with van der Waals surface area (Å²) in [5, 5.41) is 1.65. The molecular formula is C13H13ClO4S. The van der Waals surface area contributed by atoms with Crippen LogP contribution in [0.1, 0.15) is 5.56 Å². The minimum absolute atomic E-state index is 0.307. The number of methoxy groups -OCH3 is 2. The molecule has 4 nitrogen and oxygen atoms in total. The van der Waals surface area contributed by atoms with Crippen molar-refractivity contribution >= 4 is 30.5 Å². The quantitative estimate of drug-likeness (QED) is 0.815. The largest absolute Gasteiger partial charge is 0.496 e. The van der Waals surface area contributed by atoms with Crippen molar-refractivity contribution in [3.8, 4) is 11.5 Å². The van der Waals surface area contributed by atoms with E-state index in [4.69, 9.17) is 20.2 Å². The predicted octanol–water partition coefficient (Wildman–Crippen LogP) is 2.93. The molecule has 0 radical (unpaired) electrons. The Morgan fingerprint density at radius 1 is 1.11 bits per heavy atom. The molecule has 0 aliphatic rings. The number of benzene rings is 2. The van der Waals surface area contributed by atoms with Gasteiger partial charge in [-0.2, -0.15) is 0 Å². The first-order valence-corrected chi connectivity index (χ1v) is 7.99. The van der Waals surface area contributed by atoms with E-state index in [1.807, 2.05) is 24.3 Å². The molecule has 19 heavy (non-hydrogen) atoms. The van der Waals surface area contributed by atoms with Crippen LogP contribution in [0.25, 0.3) is 10.8 Å². The third kappa shape index (κ3) is 2.93.